The summed E-state index contributed by atoms with van der Waals surface area (Å²) in [5.74, 6) is 0. The van der Waals surface area contributed by atoms with Crippen LogP contribution in [0.3, 0.4) is 0 Å². The van der Waals surface area contributed by atoms with Crippen LogP contribution in [0.1, 0.15) is 49.9 Å². The van der Waals surface area contributed by atoms with Gasteiger partial charge in [0.25, 0.3) is 0 Å². The van der Waals surface area contributed by atoms with Gasteiger partial charge >= 0.3 is 268 Å². The summed E-state index contributed by atoms with van der Waals surface area (Å²) in [5.41, 5.74) is 10.1. The average Bonchev–Trinajstić information content (AvgIpc) is 2.98. The zero-order valence-electron chi connectivity index (χ0n) is 29.3. The summed E-state index contributed by atoms with van der Waals surface area (Å²) in [4.78, 5) is 0. The average molecular weight is 734 g/mol. The third-order valence-electron chi connectivity index (χ3n) is 9.91. The van der Waals surface area contributed by atoms with E-state index >= 15 is 0 Å². The first-order valence-corrected chi connectivity index (χ1v) is 25.0. The van der Waals surface area contributed by atoms with Gasteiger partial charge in [-0.2, -0.15) is 0 Å². The second-order valence-electron chi connectivity index (χ2n) is 15.2. The first kappa shape index (κ1) is 41.4. The molecule has 44 heavy (non-hydrogen) atoms. The van der Waals surface area contributed by atoms with Gasteiger partial charge in [-0.05, 0) is 0 Å². The smallest absolute Gasteiger partial charge is 1.00 e. The van der Waals surface area contributed by atoms with Gasteiger partial charge in [0.2, 0.25) is 0 Å². The molecule has 0 fully saturated rings. The fraction of sp³-hybridized carbons (Fsp3) is 0.405. The third-order valence-corrected chi connectivity index (χ3v) is 21.3. The van der Waals surface area contributed by atoms with Gasteiger partial charge in [-0.1, -0.05) is 0 Å². The van der Waals surface area contributed by atoms with Crippen LogP contribution in [-0.4, -0.2) is 24.2 Å². The molecule has 7 heteroatoms. The molecule has 236 valence electrons. The second kappa shape index (κ2) is 14.2. The van der Waals surface area contributed by atoms with Crippen molar-refractivity contribution < 1.29 is 57.7 Å². The molecule has 0 saturated carbocycles. The van der Waals surface area contributed by atoms with Crippen LogP contribution in [-0.2, 0) is 20.4 Å². The summed E-state index contributed by atoms with van der Waals surface area (Å²) in [7, 11) is -5.88. The molecular formula is C37H51Cl3Si3Ti. The maximum atomic E-state index is 2.68. The maximum Gasteiger partial charge on any atom is -1.00 e. The van der Waals surface area contributed by atoms with E-state index in [4.69, 9.17) is 0 Å². The van der Waals surface area contributed by atoms with E-state index < -0.39 is 24.2 Å². The van der Waals surface area contributed by atoms with Crippen LogP contribution in [0.4, 0.5) is 0 Å². The van der Waals surface area contributed by atoms with Crippen LogP contribution in [0.2, 0.25) is 44.3 Å². The molecule has 4 rings (SSSR count). The van der Waals surface area contributed by atoms with Crippen molar-refractivity contribution in [3.63, 3.8) is 0 Å². The standard InChI is InChI=1S/C37H51Si3.3ClH.Ti/c1-25-15-26(2)19-34(18-25)40(37(8)24-29(5)30(6)31(37)7,35-20-27(3)16-32(22-35)38(9,10)11)36-21-28(4)17-33(23-36)39(12,13)14;;;;/h15-23H,1-14H3;3*1H;/q;;;;+3/p-3. The van der Waals surface area contributed by atoms with Crippen LogP contribution in [0.15, 0.2) is 75.2 Å². The van der Waals surface area contributed by atoms with Crippen molar-refractivity contribution in [3.05, 3.63) is 97.4 Å². The van der Waals surface area contributed by atoms with Crippen molar-refractivity contribution in [2.75, 3.05) is 0 Å². The van der Waals surface area contributed by atoms with Crippen molar-refractivity contribution >= 4 is 50.2 Å². The molecule has 1 atom stereocenters. The minimum Gasteiger partial charge on any atom is -1.00 e. The van der Waals surface area contributed by atoms with Crippen molar-refractivity contribution in [1.82, 2.24) is 0 Å². The van der Waals surface area contributed by atoms with E-state index in [-0.39, 0.29) is 42.3 Å². The summed E-state index contributed by atoms with van der Waals surface area (Å²) < 4.78 is 1.56. The quantitative estimate of drug-likeness (QED) is 0.212. The zero-order chi connectivity index (χ0) is 30.9. The summed E-state index contributed by atoms with van der Waals surface area (Å²) in [6.07, 6.45) is 0. The molecule has 0 heterocycles. The molecule has 3 aromatic rings. The molecule has 1 aliphatic rings. The van der Waals surface area contributed by atoms with Gasteiger partial charge < -0.3 is 37.2 Å². The van der Waals surface area contributed by atoms with Gasteiger partial charge in [0, 0.05) is 0 Å². The predicted molar refractivity (Wildman–Crippen MR) is 188 cm³/mol. The van der Waals surface area contributed by atoms with Crippen molar-refractivity contribution in [2.45, 2.75) is 99.7 Å². The number of hydrogen-bond donors (Lipinski definition) is 0. The SMILES string of the molecule is CC1=C(C)C(C)([Si](c2cc(C)cc(C)c2)(c2cc(C)cc([Si](C)(C)C)c2)c2cc(C)cc([Si](C)(C)C)c2)[C]([Ti+3])=C1C.[Cl-].[Cl-].[Cl-]. The molecule has 0 N–H and O–H groups in total. The monoisotopic (exact) mass is 732 g/mol. The minimum atomic E-state index is -2.74. The summed E-state index contributed by atoms with van der Waals surface area (Å²) in [5, 5.41) is 7.77. The molecule has 0 bridgehead atoms. The molecule has 1 aliphatic carbocycles. The Hall–Kier alpha value is -0.625. The minimum absolute atomic E-state index is 0. The van der Waals surface area contributed by atoms with Crippen LogP contribution >= 0.6 is 0 Å². The Morgan fingerprint density at radius 1 is 0.455 bits per heavy atom. The number of halogens is 3. The van der Waals surface area contributed by atoms with Gasteiger partial charge in [0.1, 0.15) is 0 Å². The van der Waals surface area contributed by atoms with Crippen LogP contribution in [0.5, 0.6) is 0 Å². The van der Waals surface area contributed by atoms with E-state index in [1.54, 1.807) is 35.4 Å². The Balaban J connectivity index is 0.00000323. The van der Waals surface area contributed by atoms with Gasteiger partial charge in [-0.3, -0.25) is 0 Å². The van der Waals surface area contributed by atoms with E-state index in [0.717, 1.165) is 0 Å². The second-order valence-corrected chi connectivity index (χ2v) is 30.3. The first-order chi connectivity index (χ1) is 18.7. The molecular weight excluding hydrogens is 683 g/mol. The summed E-state index contributed by atoms with van der Waals surface area (Å²) in [6.45, 7) is 34.1. The van der Waals surface area contributed by atoms with Crippen LogP contribution in [0.25, 0.3) is 0 Å². The molecule has 1 unspecified atom stereocenters. The van der Waals surface area contributed by atoms with Crippen molar-refractivity contribution in [1.29, 1.82) is 0 Å². The number of hydrogen-bond acceptors (Lipinski definition) is 0. The molecule has 0 aliphatic heterocycles. The number of benzene rings is 3. The molecule has 0 spiro atoms. The number of allylic oxidation sites excluding steroid dienone is 4. The summed E-state index contributed by atoms with van der Waals surface area (Å²) >= 11 is 2.45. The zero-order valence-corrected chi connectivity index (χ0v) is 36.2. The van der Waals surface area contributed by atoms with Crippen LogP contribution in [0, 0.1) is 27.7 Å². The van der Waals surface area contributed by atoms with Gasteiger partial charge in [0.05, 0.1) is 0 Å². The topological polar surface area (TPSA) is 0 Å². The summed E-state index contributed by atoms with van der Waals surface area (Å²) in [6, 6.07) is 23.0. The van der Waals surface area contributed by atoms with E-state index in [0.29, 0.717) is 0 Å². The van der Waals surface area contributed by atoms with E-state index in [1.807, 2.05) is 0 Å². The van der Waals surface area contributed by atoms with Gasteiger partial charge in [-0.25, -0.2) is 0 Å². The Kier molecular flexibility index (Phi) is 13.4. The first-order valence-electron chi connectivity index (χ1n) is 15.2. The predicted octanol–water partition coefficient (Wildman–Crippen LogP) is -1.58. The molecule has 0 aromatic heterocycles. The number of rotatable bonds is 6. The molecule has 0 radical (unpaired) electrons. The molecule has 0 amide bonds. The van der Waals surface area contributed by atoms with Crippen LogP contribution < -0.4 is 63.2 Å². The number of aryl methyl sites for hydroxylation is 4. The normalized spacial score (nSPS) is 17.3. The Labute approximate surface area is 302 Å². The maximum absolute atomic E-state index is 2.74. The molecule has 0 saturated heterocycles. The van der Waals surface area contributed by atoms with E-state index in [1.165, 1.54) is 33.4 Å². The fourth-order valence-corrected chi connectivity index (χ4v) is 18.1. The van der Waals surface area contributed by atoms with E-state index in [9.17, 15) is 0 Å². The van der Waals surface area contributed by atoms with E-state index in [2.05, 4.69) is 170 Å². The Morgan fingerprint density at radius 2 is 0.750 bits per heavy atom. The largest absolute Gasteiger partial charge is 1.00 e. The molecule has 0 nitrogen and oxygen atoms in total. The Morgan fingerprint density at radius 3 is 1.05 bits per heavy atom. The van der Waals surface area contributed by atoms with Gasteiger partial charge in [-0.15, -0.1) is 0 Å². The van der Waals surface area contributed by atoms with Gasteiger partial charge in [0.15, 0.2) is 0 Å². The van der Waals surface area contributed by atoms with Crippen molar-refractivity contribution in [2.24, 2.45) is 0 Å². The fourth-order valence-electron chi connectivity index (χ4n) is 7.30. The Bertz CT molecular complexity index is 1500. The third kappa shape index (κ3) is 6.97. The van der Waals surface area contributed by atoms with Crippen molar-refractivity contribution in [3.8, 4) is 0 Å². The molecule has 3 aromatic carbocycles.